The largest absolute Gasteiger partial charge is 0.493 e. The van der Waals surface area contributed by atoms with Gasteiger partial charge in [-0.1, -0.05) is 18.2 Å². The van der Waals surface area contributed by atoms with Gasteiger partial charge in [-0.15, -0.1) is 0 Å². The quantitative estimate of drug-likeness (QED) is 0.320. The number of aliphatic hydroxyl groups is 1. The minimum absolute atomic E-state index is 0.000199. The molecule has 0 saturated heterocycles. The second-order valence-corrected chi connectivity index (χ2v) is 8.60. The summed E-state index contributed by atoms with van der Waals surface area (Å²) in [4.78, 5) is 16.6. The average Bonchev–Trinajstić information content (AvgIpc) is 3.14. The van der Waals surface area contributed by atoms with Crippen molar-refractivity contribution in [3.8, 4) is 28.3 Å². The standard InChI is InChI=1S/C24H22F2N6O3/c1-35-21-14-7-6-11(8-16(14)30-20(18(21)26)13-4-2-3-5-15(13)25)19-17(23(28)33)22(27)32(31-19)12-9-24(29,34)10-12/h2-8,12,34H,9-10,27,29H2,1H3,(H2,28,33)/t12-,24+. The summed E-state index contributed by atoms with van der Waals surface area (Å²) in [7, 11) is 1.31. The Balaban J connectivity index is 1.69. The van der Waals surface area contributed by atoms with Crippen molar-refractivity contribution in [2.45, 2.75) is 24.6 Å². The van der Waals surface area contributed by atoms with E-state index in [1.807, 2.05) is 0 Å². The number of aromatic nitrogens is 3. The number of carbonyl (C=O) groups excluding carboxylic acids is 1. The van der Waals surface area contributed by atoms with Crippen LogP contribution in [0.25, 0.3) is 33.4 Å². The number of amides is 1. The Morgan fingerprint density at radius 1 is 1.20 bits per heavy atom. The fraction of sp³-hybridized carbons (Fsp3) is 0.208. The lowest BCUT2D eigenvalue weighted by atomic mass is 9.83. The maximum atomic E-state index is 15.2. The molecule has 0 radical (unpaired) electrons. The summed E-state index contributed by atoms with van der Waals surface area (Å²) in [5, 5.41) is 14.7. The van der Waals surface area contributed by atoms with Gasteiger partial charge in [0.15, 0.2) is 11.6 Å². The average molecular weight is 480 g/mol. The van der Waals surface area contributed by atoms with Crippen LogP contribution in [0.1, 0.15) is 29.2 Å². The lowest BCUT2D eigenvalue weighted by Crippen LogP contribution is -2.52. The minimum atomic E-state index is -1.33. The van der Waals surface area contributed by atoms with Gasteiger partial charge in [0.05, 0.1) is 18.7 Å². The van der Waals surface area contributed by atoms with E-state index in [0.29, 0.717) is 10.9 Å². The maximum absolute atomic E-state index is 15.2. The highest BCUT2D eigenvalue weighted by Crippen LogP contribution is 2.42. The highest BCUT2D eigenvalue weighted by atomic mass is 19.1. The molecule has 1 saturated carbocycles. The Hall–Kier alpha value is -4.09. The molecule has 0 atom stereocenters. The number of anilines is 1. The molecule has 1 amide bonds. The molecule has 1 aliphatic rings. The summed E-state index contributed by atoms with van der Waals surface area (Å²) in [6.45, 7) is 0. The fourth-order valence-corrected chi connectivity index (χ4v) is 4.49. The van der Waals surface area contributed by atoms with Crippen molar-refractivity contribution < 1.29 is 23.4 Å². The number of fused-ring (bicyclic) bond motifs is 1. The Labute approximate surface area is 198 Å². The topological polar surface area (TPSA) is 155 Å². The molecular weight excluding hydrogens is 458 g/mol. The number of halogens is 2. The van der Waals surface area contributed by atoms with Gasteiger partial charge >= 0.3 is 0 Å². The van der Waals surface area contributed by atoms with Crippen LogP contribution in [0.4, 0.5) is 14.6 Å². The first kappa shape index (κ1) is 22.7. The Bertz CT molecular complexity index is 1490. The van der Waals surface area contributed by atoms with Crippen LogP contribution in [0.5, 0.6) is 5.75 Å². The van der Waals surface area contributed by atoms with Crippen LogP contribution >= 0.6 is 0 Å². The second-order valence-electron chi connectivity index (χ2n) is 8.60. The van der Waals surface area contributed by atoms with E-state index in [-0.39, 0.29) is 58.5 Å². The van der Waals surface area contributed by atoms with Crippen LogP contribution in [-0.4, -0.2) is 38.6 Å². The minimum Gasteiger partial charge on any atom is -0.493 e. The Morgan fingerprint density at radius 2 is 1.91 bits per heavy atom. The van der Waals surface area contributed by atoms with E-state index in [4.69, 9.17) is 21.9 Å². The number of hydrogen-bond donors (Lipinski definition) is 4. The summed E-state index contributed by atoms with van der Waals surface area (Å²) in [5.41, 5.74) is 16.8. The van der Waals surface area contributed by atoms with Crippen LogP contribution < -0.4 is 21.9 Å². The molecule has 2 aromatic carbocycles. The van der Waals surface area contributed by atoms with E-state index in [9.17, 15) is 14.3 Å². The molecule has 5 rings (SSSR count). The third kappa shape index (κ3) is 3.65. The molecule has 4 aromatic rings. The molecule has 180 valence electrons. The van der Waals surface area contributed by atoms with Gasteiger partial charge in [-0.3, -0.25) is 4.79 Å². The molecule has 35 heavy (non-hydrogen) atoms. The predicted molar refractivity (Wildman–Crippen MR) is 125 cm³/mol. The number of methoxy groups -OCH3 is 1. The second kappa shape index (κ2) is 8.00. The molecule has 0 bridgehead atoms. The van der Waals surface area contributed by atoms with E-state index in [0.717, 1.165) is 0 Å². The highest BCUT2D eigenvalue weighted by molar-refractivity contribution is 6.04. The van der Waals surface area contributed by atoms with Crippen LogP contribution in [-0.2, 0) is 0 Å². The van der Waals surface area contributed by atoms with Gasteiger partial charge in [0.1, 0.15) is 34.3 Å². The fourth-order valence-electron chi connectivity index (χ4n) is 4.49. The molecule has 0 aliphatic heterocycles. The number of nitrogen functional groups attached to an aromatic ring is 1. The van der Waals surface area contributed by atoms with Gasteiger partial charge in [-0.05, 0) is 24.3 Å². The number of ether oxygens (including phenoxy) is 1. The molecule has 1 fully saturated rings. The zero-order valence-corrected chi connectivity index (χ0v) is 18.6. The Morgan fingerprint density at radius 3 is 2.54 bits per heavy atom. The van der Waals surface area contributed by atoms with Crippen molar-refractivity contribution in [2.75, 3.05) is 12.8 Å². The first-order valence-corrected chi connectivity index (χ1v) is 10.7. The van der Waals surface area contributed by atoms with E-state index >= 15 is 4.39 Å². The molecule has 2 aromatic heterocycles. The zero-order valence-electron chi connectivity index (χ0n) is 18.6. The maximum Gasteiger partial charge on any atom is 0.254 e. The van der Waals surface area contributed by atoms with Gasteiger partial charge in [0.2, 0.25) is 0 Å². The monoisotopic (exact) mass is 480 g/mol. The van der Waals surface area contributed by atoms with Crippen molar-refractivity contribution in [1.29, 1.82) is 0 Å². The van der Waals surface area contributed by atoms with E-state index in [2.05, 4.69) is 10.1 Å². The number of hydrogen-bond acceptors (Lipinski definition) is 7. The summed E-state index contributed by atoms with van der Waals surface area (Å²) >= 11 is 0. The molecule has 0 spiro atoms. The number of nitrogens with two attached hydrogens (primary N) is 3. The number of primary amides is 1. The number of benzene rings is 2. The van der Waals surface area contributed by atoms with E-state index in [1.165, 1.54) is 30.0 Å². The molecule has 1 aliphatic carbocycles. The number of nitrogens with zero attached hydrogens (tertiary/aromatic N) is 3. The third-order valence-electron chi connectivity index (χ3n) is 6.21. The van der Waals surface area contributed by atoms with Crippen molar-refractivity contribution in [3.63, 3.8) is 0 Å². The zero-order chi connectivity index (χ0) is 25.1. The van der Waals surface area contributed by atoms with Crippen LogP contribution in [0.15, 0.2) is 42.5 Å². The highest BCUT2D eigenvalue weighted by Gasteiger charge is 2.42. The summed E-state index contributed by atoms with van der Waals surface area (Å²) < 4.78 is 36.4. The number of carbonyl (C=O) groups is 1. The van der Waals surface area contributed by atoms with Crippen LogP contribution in [0.2, 0.25) is 0 Å². The first-order valence-electron chi connectivity index (χ1n) is 10.7. The van der Waals surface area contributed by atoms with Gasteiger partial charge in [-0.2, -0.15) is 5.10 Å². The lowest BCUT2D eigenvalue weighted by molar-refractivity contribution is -0.0643. The molecular formula is C24H22F2N6O3. The Kier molecular flexibility index (Phi) is 5.18. The molecule has 11 heteroatoms. The molecule has 7 N–H and O–H groups in total. The number of pyridine rings is 1. The normalized spacial score (nSPS) is 19.5. The molecule has 0 unspecified atom stereocenters. The van der Waals surface area contributed by atoms with Crippen molar-refractivity contribution in [1.82, 2.24) is 14.8 Å². The lowest BCUT2D eigenvalue weighted by Gasteiger charge is -2.40. The summed E-state index contributed by atoms with van der Waals surface area (Å²) in [5.74, 6) is -2.29. The van der Waals surface area contributed by atoms with Crippen LogP contribution in [0, 0.1) is 11.6 Å². The van der Waals surface area contributed by atoms with Crippen molar-refractivity contribution >= 4 is 22.6 Å². The smallest absolute Gasteiger partial charge is 0.254 e. The number of rotatable bonds is 5. The summed E-state index contributed by atoms with van der Waals surface area (Å²) in [6, 6.07) is 10.1. The molecule has 9 nitrogen and oxygen atoms in total. The van der Waals surface area contributed by atoms with Gasteiger partial charge in [0.25, 0.3) is 5.91 Å². The SMILES string of the molecule is COc1c(F)c(-c2ccccc2F)nc2cc(-c3nn([C@H]4C[C@@](N)(O)C4)c(N)c3C(N)=O)ccc12. The van der Waals surface area contributed by atoms with Gasteiger partial charge in [-0.25, -0.2) is 18.4 Å². The predicted octanol–water partition coefficient (Wildman–Crippen LogP) is 2.72. The van der Waals surface area contributed by atoms with Gasteiger partial charge in [0, 0.05) is 29.4 Å². The molecule has 2 heterocycles. The first-order chi connectivity index (χ1) is 16.6. The van der Waals surface area contributed by atoms with Crippen LogP contribution in [0.3, 0.4) is 0 Å². The van der Waals surface area contributed by atoms with E-state index in [1.54, 1.807) is 24.3 Å². The summed E-state index contributed by atoms with van der Waals surface area (Å²) in [6.07, 6.45) is 0.413. The third-order valence-corrected chi connectivity index (χ3v) is 6.21. The van der Waals surface area contributed by atoms with Crippen molar-refractivity contribution in [3.05, 3.63) is 59.7 Å². The van der Waals surface area contributed by atoms with E-state index < -0.39 is 23.3 Å². The van der Waals surface area contributed by atoms with Gasteiger partial charge < -0.3 is 27.0 Å². The van der Waals surface area contributed by atoms with Crippen molar-refractivity contribution in [2.24, 2.45) is 11.5 Å².